The third kappa shape index (κ3) is 4.62. The van der Waals surface area contributed by atoms with Crippen LogP contribution in [0.1, 0.15) is 27.2 Å². The summed E-state index contributed by atoms with van der Waals surface area (Å²) < 4.78 is 11.0. The Bertz CT molecular complexity index is 231. The maximum absolute atomic E-state index is 11.0. The molecule has 2 atom stereocenters. The number of nitrogens with one attached hydrogen (secondary N) is 1. The molecule has 1 heterocycles. The second-order valence-corrected chi connectivity index (χ2v) is 6.77. The molecule has 90 valence electrons. The second-order valence-electron chi connectivity index (χ2n) is 5.22. The van der Waals surface area contributed by atoms with Crippen molar-refractivity contribution >= 4 is 10.8 Å². The van der Waals surface area contributed by atoms with E-state index >= 15 is 0 Å². The molecule has 1 saturated heterocycles. The van der Waals surface area contributed by atoms with Gasteiger partial charge in [0.2, 0.25) is 0 Å². The van der Waals surface area contributed by atoms with E-state index in [1.807, 2.05) is 0 Å². The lowest BCUT2D eigenvalue weighted by Gasteiger charge is -2.43. The van der Waals surface area contributed by atoms with E-state index in [1.54, 1.807) is 6.26 Å². The van der Waals surface area contributed by atoms with Gasteiger partial charge in [0.25, 0.3) is 0 Å². The Balaban J connectivity index is 2.35. The van der Waals surface area contributed by atoms with Crippen molar-refractivity contribution in [2.45, 2.75) is 38.8 Å². The summed E-state index contributed by atoms with van der Waals surface area (Å²) in [6.07, 6.45) is 2.83. The molecule has 0 radical (unpaired) electrons. The first kappa shape index (κ1) is 13.1. The monoisotopic (exact) mass is 232 g/mol. The Morgan fingerprint density at radius 3 is 2.80 bits per heavy atom. The highest BCUT2D eigenvalue weighted by atomic mass is 32.2. The van der Waals surface area contributed by atoms with Crippen LogP contribution >= 0.6 is 0 Å². The van der Waals surface area contributed by atoms with Crippen molar-refractivity contribution in [3.63, 3.8) is 0 Å². The highest BCUT2D eigenvalue weighted by Crippen LogP contribution is 2.14. The molecule has 0 spiro atoms. The normalized spacial score (nSPS) is 28.9. The summed E-state index contributed by atoms with van der Waals surface area (Å²) in [6.45, 7) is 9.96. The first-order chi connectivity index (χ1) is 6.91. The molecule has 0 amide bonds. The van der Waals surface area contributed by atoms with Gasteiger partial charge in [0, 0.05) is 47.5 Å². The molecule has 0 aromatic heterocycles. The fourth-order valence-corrected chi connectivity index (χ4v) is 2.58. The zero-order valence-electron chi connectivity index (χ0n) is 10.4. The van der Waals surface area contributed by atoms with Crippen molar-refractivity contribution in [2.24, 2.45) is 0 Å². The maximum atomic E-state index is 11.0. The molecule has 1 fully saturated rings. The van der Waals surface area contributed by atoms with Gasteiger partial charge in [-0.3, -0.25) is 9.11 Å². The average molecular weight is 232 g/mol. The van der Waals surface area contributed by atoms with Crippen molar-refractivity contribution in [1.82, 2.24) is 10.2 Å². The van der Waals surface area contributed by atoms with Crippen LogP contribution in [0.3, 0.4) is 0 Å². The van der Waals surface area contributed by atoms with Crippen LogP contribution in [0.2, 0.25) is 0 Å². The molecule has 2 unspecified atom stereocenters. The average Bonchev–Trinajstić information content (AvgIpc) is 2.10. The van der Waals surface area contributed by atoms with E-state index in [2.05, 4.69) is 31.0 Å². The minimum Gasteiger partial charge on any atom is -0.309 e. The molecule has 0 aromatic carbocycles. The molecule has 0 saturated carbocycles. The van der Waals surface area contributed by atoms with Gasteiger partial charge in [0.15, 0.2) is 0 Å². The quantitative estimate of drug-likeness (QED) is 0.779. The van der Waals surface area contributed by atoms with Crippen LogP contribution < -0.4 is 5.32 Å². The third-order valence-electron chi connectivity index (χ3n) is 2.97. The van der Waals surface area contributed by atoms with Crippen LogP contribution in [0.5, 0.6) is 0 Å². The van der Waals surface area contributed by atoms with E-state index in [4.69, 9.17) is 0 Å². The third-order valence-corrected chi connectivity index (χ3v) is 3.84. The number of piperazine rings is 1. The molecule has 1 N–H and O–H groups in total. The SMILES string of the molecule is CC1CNC(C)(C)CN1CCCS(C)=O. The largest absolute Gasteiger partial charge is 0.309 e. The maximum Gasteiger partial charge on any atom is 0.0252 e. The van der Waals surface area contributed by atoms with Crippen LogP contribution in [0.25, 0.3) is 0 Å². The Hall–Kier alpha value is 0.0700. The van der Waals surface area contributed by atoms with Gasteiger partial charge in [-0.2, -0.15) is 0 Å². The summed E-state index contributed by atoms with van der Waals surface area (Å²) in [6, 6.07) is 0.600. The fourth-order valence-electron chi connectivity index (χ4n) is 2.04. The first-order valence-electron chi connectivity index (χ1n) is 5.70. The van der Waals surface area contributed by atoms with E-state index in [1.165, 1.54) is 0 Å². The summed E-state index contributed by atoms with van der Waals surface area (Å²) in [5.74, 6) is 0.830. The van der Waals surface area contributed by atoms with Crippen LogP contribution in [0.15, 0.2) is 0 Å². The van der Waals surface area contributed by atoms with E-state index in [0.29, 0.717) is 6.04 Å². The fraction of sp³-hybridized carbons (Fsp3) is 1.00. The number of rotatable bonds is 4. The Morgan fingerprint density at radius 2 is 2.20 bits per heavy atom. The predicted octanol–water partition coefficient (Wildman–Crippen LogP) is 0.827. The van der Waals surface area contributed by atoms with Gasteiger partial charge >= 0.3 is 0 Å². The highest BCUT2D eigenvalue weighted by Gasteiger charge is 2.29. The topological polar surface area (TPSA) is 32.3 Å². The molecule has 0 aromatic rings. The number of nitrogens with zero attached hydrogens (tertiary/aromatic N) is 1. The molecule has 4 heteroatoms. The van der Waals surface area contributed by atoms with Crippen LogP contribution in [0.4, 0.5) is 0 Å². The highest BCUT2D eigenvalue weighted by molar-refractivity contribution is 7.84. The van der Waals surface area contributed by atoms with Crippen molar-refractivity contribution in [2.75, 3.05) is 31.6 Å². The van der Waals surface area contributed by atoms with Gasteiger partial charge in [0.05, 0.1) is 0 Å². The van der Waals surface area contributed by atoms with E-state index in [0.717, 1.165) is 31.8 Å². The Labute approximate surface area is 96.1 Å². The van der Waals surface area contributed by atoms with Crippen LogP contribution in [-0.2, 0) is 10.8 Å². The minimum atomic E-state index is -0.643. The van der Waals surface area contributed by atoms with Gasteiger partial charge in [0.1, 0.15) is 0 Å². The minimum absolute atomic E-state index is 0.220. The lowest BCUT2D eigenvalue weighted by Crippen LogP contribution is -2.60. The van der Waals surface area contributed by atoms with Gasteiger partial charge < -0.3 is 5.32 Å². The van der Waals surface area contributed by atoms with Crippen molar-refractivity contribution < 1.29 is 4.21 Å². The van der Waals surface area contributed by atoms with E-state index < -0.39 is 10.8 Å². The number of hydrogen-bond acceptors (Lipinski definition) is 3. The van der Waals surface area contributed by atoms with Gasteiger partial charge in [-0.25, -0.2) is 0 Å². The van der Waals surface area contributed by atoms with Gasteiger partial charge in [-0.1, -0.05) is 0 Å². The zero-order valence-corrected chi connectivity index (χ0v) is 11.2. The summed E-state index contributed by atoms with van der Waals surface area (Å²) in [5, 5.41) is 3.54. The van der Waals surface area contributed by atoms with Gasteiger partial charge in [-0.15, -0.1) is 0 Å². The molecule has 3 nitrogen and oxygen atoms in total. The summed E-state index contributed by atoms with van der Waals surface area (Å²) in [4.78, 5) is 2.50. The standard InChI is InChI=1S/C11H24N2OS/c1-10-8-12-11(2,3)9-13(10)6-5-7-15(4)14/h10,12H,5-9H2,1-4H3. The van der Waals surface area contributed by atoms with E-state index in [-0.39, 0.29) is 5.54 Å². The van der Waals surface area contributed by atoms with Crippen molar-refractivity contribution in [1.29, 1.82) is 0 Å². The second kappa shape index (κ2) is 5.41. The summed E-state index contributed by atoms with van der Waals surface area (Å²) in [7, 11) is -0.643. The van der Waals surface area contributed by atoms with Crippen LogP contribution in [0, 0.1) is 0 Å². The van der Waals surface area contributed by atoms with Crippen LogP contribution in [-0.4, -0.2) is 52.3 Å². The Kier molecular flexibility index (Phi) is 4.74. The molecule has 0 bridgehead atoms. The smallest absolute Gasteiger partial charge is 0.0252 e. The molecule has 1 rings (SSSR count). The predicted molar refractivity (Wildman–Crippen MR) is 66.7 cm³/mol. The molecule has 1 aliphatic heterocycles. The lowest BCUT2D eigenvalue weighted by atomic mass is 9.99. The van der Waals surface area contributed by atoms with Crippen molar-refractivity contribution in [3.05, 3.63) is 0 Å². The lowest BCUT2D eigenvalue weighted by molar-refractivity contribution is 0.105. The zero-order chi connectivity index (χ0) is 11.5. The molecule has 1 aliphatic rings. The first-order valence-corrected chi connectivity index (χ1v) is 7.42. The van der Waals surface area contributed by atoms with Gasteiger partial charge in [-0.05, 0) is 33.7 Å². The number of hydrogen-bond donors (Lipinski definition) is 1. The summed E-state index contributed by atoms with van der Waals surface area (Å²) in [5.41, 5.74) is 0.220. The Morgan fingerprint density at radius 1 is 1.53 bits per heavy atom. The van der Waals surface area contributed by atoms with E-state index in [9.17, 15) is 4.21 Å². The molecular weight excluding hydrogens is 208 g/mol. The molecular formula is C11H24N2OS. The summed E-state index contributed by atoms with van der Waals surface area (Å²) >= 11 is 0. The molecule has 0 aliphatic carbocycles. The molecule has 15 heavy (non-hydrogen) atoms. The van der Waals surface area contributed by atoms with Crippen molar-refractivity contribution in [3.8, 4) is 0 Å².